The maximum absolute atomic E-state index is 6.41. The van der Waals surface area contributed by atoms with Crippen molar-refractivity contribution in [3.8, 4) is 0 Å². The maximum atomic E-state index is 6.41. The second-order valence-electron chi connectivity index (χ2n) is 9.07. The highest BCUT2D eigenvalue weighted by Crippen LogP contribution is 2.39. The minimum absolute atomic E-state index is 0.131. The summed E-state index contributed by atoms with van der Waals surface area (Å²) in [7, 11) is -1.62. The highest BCUT2D eigenvalue weighted by molar-refractivity contribution is 6.74. The van der Waals surface area contributed by atoms with E-state index in [1.807, 2.05) is 0 Å². The first-order valence-electron chi connectivity index (χ1n) is 8.86. The van der Waals surface area contributed by atoms with Crippen molar-refractivity contribution >= 4 is 8.32 Å². The zero-order valence-electron chi connectivity index (χ0n) is 16.4. The Morgan fingerprint density at radius 2 is 1.86 bits per heavy atom. The lowest BCUT2D eigenvalue weighted by Gasteiger charge is -2.38. The van der Waals surface area contributed by atoms with Gasteiger partial charge in [-0.05, 0) is 71.5 Å². The summed E-state index contributed by atoms with van der Waals surface area (Å²) in [6, 6.07) is 0. The van der Waals surface area contributed by atoms with Crippen LogP contribution in [0.25, 0.3) is 0 Å². The van der Waals surface area contributed by atoms with Crippen molar-refractivity contribution < 1.29 is 9.16 Å². The number of hydrogen-bond acceptors (Lipinski definition) is 2. The summed E-state index contributed by atoms with van der Waals surface area (Å²) in [5.74, 6) is 0. The molecule has 0 saturated carbocycles. The van der Waals surface area contributed by atoms with Crippen LogP contribution in [-0.2, 0) is 9.16 Å². The van der Waals surface area contributed by atoms with E-state index < -0.39 is 8.32 Å². The second kappa shape index (κ2) is 7.19. The fraction of sp³-hybridized carbons (Fsp3) is 0.895. The molecule has 1 fully saturated rings. The van der Waals surface area contributed by atoms with Crippen LogP contribution in [0, 0.1) is 0 Å². The van der Waals surface area contributed by atoms with Gasteiger partial charge in [0.2, 0.25) is 0 Å². The molecule has 1 aliphatic rings. The predicted molar refractivity (Wildman–Crippen MR) is 98.9 cm³/mol. The normalized spacial score (nSPS) is 23.5. The molecular weight excluding hydrogens is 288 g/mol. The van der Waals surface area contributed by atoms with E-state index in [-0.39, 0.29) is 5.60 Å². The van der Waals surface area contributed by atoms with Gasteiger partial charge in [-0.15, -0.1) is 0 Å². The van der Waals surface area contributed by atoms with E-state index >= 15 is 0 Å². The zero-order chi connectivity index (χ0) is 17.2. The Labute approximate surface area is 139 Å². The third-order valence-corrected chi connectivity index (χ3v) is 9.94. The van der Waals surface area contributed by atoms with Gasteiger partial charge in [0.05, 0.1) is 11.7 Å². The Kier molecular flexibility index (Phi) is 6.51. The average Bonchev–Trinajstić information content (AvgIpc) is 2.92. The summed E-state index contributed by atoms with van der Waals surface area (Å²) in [6.45, 7) is 20.4. The molecule has 3 heteroatoms. The Balaban J connectivity index is 2.26. The summed E-state index contributed by atoms with van der Waals surface area (Å²) in [6.07, 6.45) is 7.77. The molecule has 2 atom stereocenters. The monoisotopic (exact) mass is 326 g/mol. The Morgan fingerprint density at radius 1 is 1.32 bits per heavy atom. The predicted octanol–water partition coefficient (Wildman–Crippen LogP) is 6.08. The summed E-state index contributed by atoms with van der Waals surface area (Å²) < 4.78 is 12.1. The first kappa shape index (κ1) is 19.9. The van der Waals surface area contributed by atoms with Crippen molar-refractivity contribution in [3.63, 3.8) is 0 Å². The van der Waals surface area contributed by atoms with Gasteiger partial charge in [0.1, 0.15) is 0 Å². The Hall–Kier alpha value is -0.123. The molecule has 0 aliphatic carbocycles. The van der Waals surface area contributed by atoms with Crippen LogP contribution in [-0.4, -0.2) is 26.1 Å². The van der Waals surface area contributed by atoms with Crippen LogP contribution in [0.5, 0.6) is 0 Å². The lowest BCUT2D eigenvalue weighted by atomic mass is 10.0. The minimum atomic E-state index is -1.62. The Bertz CT molecular complexity index is 391. The number of epoxide rings is 1. The standard InChI is InChI=1S/C19H38O2Si/c1-15(13-14-17-19(6,7)20-17)11-10-12-16(2)21-22(8,9)18(3,4)5/h11,16-17H,10,12-14H2,1-9H3/b15-11+/t16-,17+/m1/s1. The van der Waals surface area contributed by atoms with Gasteiger partial charge in [-0.3, -0.25) is 0 Å². The van der Waals surface area contributed by atoms with Gasteiger partial charge in [-0.2, -0.15) is 0 Å². The van der Waals surface area contributed by atoms with Gasteiger partial charge in [-0.25, -0.2) is 0 Å². The molecule has 2 nitrogen and oxygen atoms in total. The van der Waals surface area contributed by atoms with Crippen LogP contribution >= 0.6 is 0 Å². The fourth-order valence-corrected chi connectivity index (χ4v) is 3.98. The van der Waals surface area contributed by atoms with Crippen molar-refractivity contribution in [1.82, 2.24) is 0 Å². The summed E-state index contributed by atoms with van der Waals surface area (Å²) in [5.41, 5.74) is 1.62. The fourth-order valence-electron chi connectivity index (χ4n) is 2.50. The first-order chi connectivity index (χ1) is 9.85. The molecule has 0 bridgehead atoms. The molecule has 0 radical (unpaired) electrons. The second-order valence-corrected chi connectivity index (χ2v) is 13.8. The van der Waals surface area contributed by atoms with Crippen LogP contribution in [0.1, 0.15) is 74.1 Å². The van der Waals surface area contributed by atoms with Gasteiger partial charge < -0.3 is 9.16 Å². The number of hydrogen-bond donors (Lipinski definition) is 0. The van der Waals surface area contributed by atoms with Crippen LogP contribution in [0.3, 0.4) is 0 Å². The van der Waals surface area contributed by atoms with Crippen LogP contribution < -0.4 is 0 Å². The molecule has 1 aliphatic heterocycles. The van der Waals surface area contributed by atoms with Crippen LogP contribution in [0.4, 0.5) is 0 Å². The average molecular weight is 327 g/mol. The Morgan fingerprint density at radius 3 is 2.32 bits per heavy atom. The van der Waals surface area contributed by atoms with Crippen molar-refractivity contribution in [2.75, 3.05) is 0 Å². The van der Waals surface area contributed by atoms with Crippen LogP contribution in [0.15, 0.2) is 11.6 Å². The van der Waals surface area contributed by atoms with E-state index in [4.69, 9.17) is 9.16 Å². The topological polar surface area (TPSA) is 21.8 Å². The molecular formula is C19H38O2Si. The number of ether oxygens (including phenoxy) is 1. The largest absolute Gasteiger partial charge is 0.414 e. The summed E-state index contributed by atoms with van der Waals surface area (Å²) >= 11 is 0. The van der Waals surface area contributed by atoms with E-state index in [0.717, 1.165) is 25.7 Å². The van der Waals surface area contributed by atoms with E-state index in [2.05, 4.69) is 67.6 Å². The van der Waals surface area contributed by atoms with Gasteiger partial charge in [0.15, 0.2) is 8.32 Å². The smallest absolute Gasteiger partial charge is 0.192 e. The molecule has 0 aromatic carbocycles. The summed E-state index contributed by atoms with van der Waals surface area (Å²) in [5, 5.41) is 0.296. The van der Waals surface area contributed by atoms with Crippen molar-refractivity contribution in [2.45, 2.75) is 110 Å². The summed E-state index contributed by atoms with van der Waals surface area (Å²) in [4.78, 5) is 0. The molecule has 1 saturated heterocycles. The molecule has 22 heavy (non-hydrogen) atoms. The number of allylic oxidation sites excluding steroid dienone is 2. The lowest BCUT2D eigenvalue weighted by Crippen LogP contribution is -2.43. The lowest BCUT2D eigenvalue weighted by molar-refractivity contribution is 0.190. The number of rotatable bonds is 8. The molecule has 1 heterocycles. The van der Waals surface area contributed by atoms with E-state index in [0.29, 0.717) is 17.2 Å². The highest BCUT2D eigenvalue weighted by atomic mass is 28.4. The third kappa shape index (κ3) is 6.17. The van der Waals surface area contributed by atoms with Gasteiger partial charge in [-0.1, -0.05) is 32.4 Å². The SMILES string of the molecule is C/C(=C\CC[C@@H](C)O[Si](C)(C)C(C)(C)C)CC[C@@H]1OC1(C)C. The quantitative estimate of drug-likeness (QED) is 0.306. The van der Waals surface area contributed by atoms with E-state index in [1.165, 1.54) is 5.57 Å². The zero-order valence-corrected chi connectivity index (χ0v) is 17.4. The molecule has 0 N–H and O–H groups in total. The maximum Gasteiger partial charge on any atom is 0.192 e. The van der Waals surface area contributed by atoms with Crippen molar-refractivity contribution in [2.24, 2.45) is 0 Å². The first-order valence-corrected chi connectivity index (χ1v) is 11.8. The molecule has 0 aromatic heterocycles. The van der Waals surface area contributed by atoms with E-state index in [9.17, 15) is 0 Å². The van der Waals surface area contributed by atoms with E-state index in [1.54, 1.807) is 0 Å². The highest BCUT2D eigenvalue weighted by Gasteiger charge is 2.46. The molecule has 0 aromatic rings. The van der Waals surface area contributed by atoms with Gasteiger partial charge >= 0.3 is 0 Å². The van der Waals surface area contributed by atoms with Crippen molar-refractivity contribution in [1.29, 1.82) is 0 Å². The third-order valence-electron chi connectivity index (χ3n) is 5.33. The van der Waals surface area contributed by atoms with Gasteiger partial charge in [0.25, 0.3) is 0 Å². The van der Waals surface area contributed by atoms with Gasteiger partial charge in [0, 0.05) is 6.10 Å². The van der Waals surface area contributed by atoms with Crippen LogP contribution in [0.2, 0.25) is 18.1 Å². The van der Waals surface area contributed by atoms with Crippen molar-refractivity contribution in [3.05, 3.63) is 11.6 Å². The molecule has 0 unspecified atom stereocenters. The molecule has 0 spiro atoms. The molecule has 1 rings (SSSR count). The molecule has 130 valence electrons. The minimum Gasteiger partial charge on any atom is -0.414 e. The molecule has 0 amide bonds.